The van der Waals surface area contributed by atoms with Gasteiger partial charge in [0.05, 0.1) is 25.0 Å². The third-order valence-electron chi connectivity index (χ3n) is 5.54. The maximum atomic E-state index is 13.2. The molecule has 2 heterocycles. The average Bonchev–Trinajstić information content (AvgIpc) is 3.31. The Morgan fingerprint density at radius 3 is 2.40 bits per heavy atom. The molecule has 2 saturated heterocycles. The minimum atomic E-state index is -0.446. The van der Waals surface area contributed by atoms with E-state index in [9.17, 15) is 14.0 Å². The minimum Gasteiger partial charge on any atom is -0.465 e. The number of methoxy groups -OCH3 is 1. The molecule has 4 rings (SSSR count). The van der Waals surface area contributed by atoms with E-state index < -0.39 is 5.97 Å². The van der Waals surface area contributed by atoms with Crippen LogP contribution in [0.25, 0.3) is 0 Å². The zero-order valence-corrected chi connectivity index (χ0v) is 16.7. The second-order valence-corrected chi connectivity index (χ2v) is 7.50. The molecule has 0 bridgehead atoms. The van der Waals surface area contributed by atoms with E-state index in [0.717, 1.165) is 5.56 Å². The van der Waals surface area contributed by atoms with Gasteiger partial charge in [-0.2, -0.15) is 0 Å². The second-order valence-electron chi connectivity index (χ2n) is 7.50. The van der Waals surface area contributed by atoms with Gasteiger partial charge in [0.25, 0.3) is 5.91 Å². The van der Waals surface area contributed by atoms with Gasteiger partial charge in [0, 0.05) is 24.1 Å². The Kier molecular flexibility index (Phi) is 5.78. The van der Waals surface area contributed by atoms with Crippen molar-refractivity contribution in [1.82, 2.24) is 26.6 Å². The van der Waals surface area contributed by atoms with Crippen molar-refractivity contribution in [3.8, 4) is 0 Å². The summed E-state index contributed by atoms with van der Waals surface area (Å²) in [6.45, 7) is 2.65. The summed E-state index contributed by atoms with van der Waals surface area (Å²) in [6.07, 6.45) is -0.333. The summed E-state index contributed by atoms with van der Waals surface area (Å²) in [5, 5.41) is 5.06. The van der Waals surface area contributed by atoms with Crippen molar-refractivity contribution in [2.45, 2.75) is 31.8 Å². The summed E-state index contributed by atoms with van der Waals surface area (Å²) in [4.78, 5) is 24.2. The lowest BCUT2D eigenvalue weighted by Crippen LogP contribution is -2.51. The van der Waals surface area contributed by atoms with Gasteiger partial charge in [-0.1, -0.05) is 12.1 Å². The Hall–Kier alpha value is -2.85. The number of hydrazine groups is 2. The van der Waals surface area contributed by atoms with Crippen molar-refractivity contribution in [3.63, 3.8) is 0 Å². The SMILES string of the molecule is COC(=O)c1ccc(C(=O)NC2NNC3C2C(C)NN3Cc2ccc(F)cc2)cc1. The number of hydrogen-bond donors (Lipinski definition) is 4. The Bertz CT molecular complexity index is 921. The zero-order valence-electron chi connectivity index (χ0n) is 16.7. The summed E-state index contributed by atoms with van der Waals surface area (Å²) < 4.78 is 17.8. The van der Waals surface area contributed by atoms with Crippen LogP contribution < -0.4 is 21.6 Å². The lowest BCUT2D eigenvalue weighted by atomic mass is 9.98. The molecule has 2 aliphatic rings. The number of rotatable bonds is 5. The zero-order chi connectivity index (χ0) is 21.3. The highest BCUT2D eigenvalue weighted by atomic mass is 19.1. The van der Waals surface area contributed by atoms with E-state index in [4.69, 9.17) is 0 Å². The van der Waals surface area contributed by atoms with E-state index in [0.29, 0.717) is 17.7 Å². The second kappa shape index (κ2) is 8.49. The van der Waals surface area contributed by atoms with Crippen molar-refractivity contribution in [3.05, 3.63) is 71.0 Å². The maximum Gasteiger partial charge on any atom is 0.337 e. The summed E-state index contributed by atoms with van der Waals surface area (Å²) in [7, 11) is 1.31. The van der Waals surface area contributed by atoms with Gasteiger partial charge in [-0.3, -0.25) is 10.2 Å². The number of nitrogens with zero attached hydrogens (tertiary/aromatic N) is 1. The molecule has 4 unspecified atom stereocenters. The van der Waals surface area contributed by atoms with Gasteiger partial charge in [-0.15, -0.1) is 0 Å². The highest BCUT2D eigenvalue weighted by molar-refractivity contribution is 5.96. The summed E-state index contributed by atoms with van der Waals surface area (Å²) in [5.74, 6) is -0.875. The van der Waals surface area contributed by atoms with Crippen LogP contribution in [0.3, 0.4) is 0 Å². The fourth-order valence-corrected chi connectivity index (χ4v) is 3.99. The van der Waals surface area contributed by atoms with Gasteiger partial charge in [-0.25, -0.2) is 25.0 Å². The predicted molar refractivity (Wildman–Crippen MR) is 107 cm³/mol. The fourth-order valence-electron chi connectivity index (χ4n) is 3.99. The van der Waals surface area contributed by atoms with Crippen LogP contribution in [-0.4, -0.2) is 42.4 Å². The molecule has 0 spiro atoms. The first kappa shape index (κ1) is 20.4. The number of carbonyl (C=O) groups is 2. The lowest BCUT2D eigenvalue weighted by molar-refractivity contribution is 0.0600. The largest absolute Gasteiger partial charge is 0.465 e. The molecule has 0 aromatic heterocycles. The molecule has 4 atom stereocenters. The highest BCUT2D eigenvalue weighted by Gasteiger charge is 2.48. The number of nitrogens with one attached hydrogen (secondary N) is 4. The lowest BCUT2D eigenvalue weighted by Gasteiger charge is -2.23. The molecule has 2 aromatic rings. The molecule has 9 heteroatoms. The van der Waals surface area contributed by atoms with E-state index in [1.54, 1.807) is 36.4 Å². The van der Waals surface area contributed by atoms with E-state index >= 15 is 0 Å². The summed E-state index contributed by atoms with van der Waals surface area (Å²) >= 11 is 0. The first-order valence-electron chi connectivity index (χ1n) is 9.74. The van der Waals surface area contributed by atoms with Crippen LogP contribution in [0.2, 0.25) is 0 Å². The molecule has 0 saturated carbocycles. The molecule has 158 valence electrons. The molecule has 0 aliphatic carbocycles. The molecule has 2 fully saturated rings. The number of halogens is 1. The van der Waals surface area contributed by atoms with Gasteiger partial charge in [-0.05, 0) is 48.9 Å². The van der Waals surface area contributed by atoms with Gasteiger partial charge < -0.3 is 10.1 Å². The number of esters is 1. The topological polar surface area (TPSA) is 94.7 Å². The summed E-state index contributed by atoms with van der Waals surface area (Å²) in [5.41, 5.74) is 11.6. The smallest absolute Gasteiger partial charge is 0.337 e. The van der Waals surface area contributed by atoms with Crippen molar-refractivity contribution in [1.29, 1.82) is 0 Å². The minimum absolute atomic E-state index is 0.0444. The van der Waals surface area contributed by atoms with Crippen LogP contribution in [0.4, 0.5) is 4.39 Å². The fraction of sp³-hybridized carbons (Fsp3) is 0.333. The molecule has 2 aliphatic heterocycles. The molecule has 1 amide bonds. The molecule has 0 radical (unpaired) electrons. The van der Waals surface area contributed by atoms with Crippen LogP contribution in [0.15, 0.2) is 48.5 Å². The summed E-state index contributed by atoms with van der Waals surface area (Å²) in [6, 6.07) is 12.8. The third kappa shape index (κ3) is 4.05. The van der Waals surface area contributed by atoms with E-state index in [2.05, 4.69) is 33.3 Å². The molecular weight excluding hydrogens is 389 g/mol. The third-order valence-corrected chi connectivity index (χ3v) is 5.54. The van der Waals surface area contributed by atoms with E-state index in [1.807, 2.05) is 5.01 Å². The van der Waals surface area contributed by atoms with Crippen LogP contribution in [0.5, 0.6) is 0 Å². The van der Waals surface area contributed by atoms with Crippen molar-refractivity contribution in [2.24, 2.45) is 5.92 Å². The van der Waals surface area contributed by atoms with Crippen molar-refractivity contribution in [2.75, 3.05) is 7.11 Å². The number of carbonyl (C=O) groups excluding carboxylic acids is 2. The Balaban J connectivity index is 1.40. The highest BCUT2D eigenvalue weighted by Crippen LogP contribution is 2.27. The number of hydrogen-bond acceptors (Lipinski definition) is 7. The Morgan fingerprint density at radius 2 is 1.73 bits per heavy atom. The number of benzene rings is 2. The Labute approximate surface area is 173 Å². The first-order valence-corrected chi connectivity index (χ1v) is 9.74. The maximum absolute atomic E-state index is 13.2. The number of ether oxygens (including phenoxy) is 1. The molecule has 8 nitrogen and oxygen atoms in total. The first-order chi connectivity index (χ1) is 14.5. The van der Waals surface area contributed by atoms with Crippen LogP contribution in [0, 0.1) is 11.7 Å². The van der Waals surface area contributed by atoms with Crippen LogP contribution >= 0.6 is 0 Å². The molecule has 4 N–H and O–H groups in total. The van der Waals surface area contributed by atoms with Crippen molar-refractivity contribution < 1.29 is 18.7 Å². The standard InChI is InChI=1S/C21H24FN5O3/c1-12-17-18(23-20(28)14-5-7-15(8-6-14)21(29)30-2)24-25-19(17)27(26-12)11-13-3-9-16(22)10-4-13/h3-10,12,17-19,24-26H,11H2,1-2H3,(H,23,28). The molecule has 2 aromatic carbocycles. The van der Waals surface area contributed by atoms with Crippen LogP contribution in [0.1, 0.15) is 33.2 Å². The predicted octanol–water partition coefficient (Wildman–Crippen LogP) is 1.13. The van der Waals surface area contributed by atoms with E-state index in [-0.39, 0.29) is 36.0 Å². The van der Waals surface area contributed by atoms with Gasteiger partial charge >= 0.3 is 5.97 Å². The molecule has 30 heavy (non-hydrogen) atoms. The van der Waals surface area contributed by atoms with E-state index in [1.165, 1.54) is 19.2 Å². The van der Waals surface area contributed by atoms with Gasteiger partial charge in [0.2, 0.25) is 0 Å². The van der Waals surface area contributed by atoms with Crippen LogP contribution in [-0.2, 0) is 11.3 Å². The normalized spacial score (nSPS) is 25.7. The Morgan fingerprint density at radius 1 is 1.07 bits per heavy atom. The van der Waals surface area contributed by atoms with Gasteiger partial charge in [0.1, 0.15) is 5.82 Å². The number of amides is 1. The van der Waals surface area contributed by atoms with Crippen molar-refractivity contribution >= 4 is 11.9 Å². The average molecular weight is 413 g/mol. The number of fused-ring (bicyclic) bond motifs is 1. The molecular formula is C21H24FN5O3. The monoisotopic (exact) mass is 413 g/mol. The van der Waals surface area contributed by atoms with Gasteiger partial charge in [0.15, 0.2) is 0 Å². The quantitative estimate of drug-likeness (QED) is 0.546.